The van der Waals surface area contributed by atoms with Crippen molar-refractivity contribution in [2.75, 3.05) is 0 Å². The molecule has 0 aromatic carbocycles. The van der Waals surface area contributed by atoms with E-state index in [1.165, 1.54) is 0 Å². The molecule has 0 spiro atoms. The third-order valence-corrected chi connectivity index (χ3v) is 1.91. The highest BCUT2D eigenvalue weighted by Crippen LogP contribution is 2.23. The van der Waals surface area contributed by atoms with Crippen LogP contribution >= 0.6 is 0 Å². The number of amides is 1. The zero-order chi connectivity index (χ0) is 7.72. The van der Waals surface area contributed by atoms with Crippen LogP contribution in [0.1, 0.15) is 19.8 Å². The lowest BCUT2D eigenvalue weighted by Gasteiger charge is -2.14. The maximum Gasteiger partial charge on any atom is 0.237 e. The fourth-order valence-corrected chi connectivity index (χ4v) is 1.22. The van der Waals surface area contributed by atoms with Gasteiger partial charge < -0.3 is 5.73 Å². The minimum absolute atomic E-state index is 0.155. The van der Waals surface area contributed by atoms with Crippen molar-refractivity contribution in [1.82, 2.24) is 5.12 Å². The first-order valence-electron chi connectivity index (χ1n) is 3.36. The Hall–Kier alpha value is -0.640. The minimum Gasteiger partial charge on any atom is -0.368 e. The van der Waals surface area contributed by atoms with Crippen LogP contribution in [0.5, 0.6) is 0 Å². The molecule has 1 heterocycles. The quantitative estimate of drug-likeness (QED) is 0.537. The van der Waals surface area contributed by atoms with Gasteiger partial charge >= 0.3 is 0 Å². The molecule has 2 N–H and O–H groups in total. The first kappa shape index (κ1) is 7.47. The Morgan fingerprint density at radius 3 is 2.50 bits per heavy atom. The second-order valence-electron chi connectivity index (χ2n) is 2.69. The van der Waals surface area contributed by atoms with E-state index < -0.39 is 11.9 Å². The van der Waals surface area contributed by atoms with Crippen LogP contribution in [0.25, 0.3) is 0 Å². The van der Waals surface area contributed by atoms with Gasteiger partial charge in [-0.25, -0.2) is 0 Å². The summed E-state index contributed by atoms with van der Waals surface area (Å²) in [7, 11) is 0. The van der Waals surface area contributed by atoms with Crippen molar-refractivity contribution in [3.05, 3.63) is 0 Å². The van der Waals surface area contributed by atoms with Gasteiger partial charge in [0.15, 0.2) is 0 Å². The van der Waals surface area contributed by atoms with Gasteiger partial charge in [0, 0.05) is 6.04 Å². The number of hydrogen-bond acceptors (Lipinski definition) is 2. The van der Waals surface area contributed by atoms with Crippen molar-refractivity contribution >= 4 is 5.91 Å². The number of halogens is 1. The molecule has 0 aromatic rings. The minimum atomic E-state index is -0.685. The van der Waals surface area contributed by atoms with Crippen LogP contribution < -0.4 is 5.73 Å². The molecule has 1 fully saturated rings. The van der Waals surface area contributed by atoms with Gasteiger partial charge in [-0.3, -0.25) is 4.79 Å². The second kappa shape index (κ2) is 2.54. The van der Waals surface area contributed by atoms with Crippen molar-refractivity contribution in [2.45, 2.75) is 31.8 Å². The fourth-order valence-electron chi connectivity index (χ4n) is 1.22. The van der Waals surface area contributed by atoms with Gasteiger partial charge in [-0.1, -0.05) is 0 Å². The third-order valence-electron chi connectivity index (χ3n) is 1.91. The van der Waals surface area contributed by atoms with Crippen LogP contribution in [0.2, 0.25) is 0 Å². The van der Waals surface area contributed by atoms with E-state index in [2.05, 4.69) is 0 Å². The highest BCUT2D eigenvalue weighted by molar-refractivity contribution is 5.80. The van der Waals surface area contributed by atoms with Crippen LogP contribution in [-0.2, 0) is 4.79 Å². The first-order valence-corrected chi connectivity index (χ1v) is 3.36. The molecule has 10 heavy (non-hydrogen) atoms. The van der Waals surface area contributed by atoms with E-state index in [4.69, 9.17) is 5.73 Å². The molecule has 1 aliphatic heterocycles. The summed E-state index contributed by atoms with van der Waals surface area (Å²) in [6.45, 7) is 1.74. The van der Waals surface area contributed by atoms with Gasteiger partial charge in [-0.2, -0.15) is 0 Å². The summed E-state index contributed by atoms with van der Waals surface area (Å²) in [5.74, 6) is -0.563. The van der Waals surface area contributed by atoms with Crippen molar-refractivity contribution < 1.29 is 9.28 Å². The highest BCUT2D eigenvalue weighted by atomic mass is 19.2. The van der Waals surface area contributed by atoms with Gasteiger partial charge in [-0.15, -0.1) is 9.60 Å². The zero-order valence-corrected chi connectivity index (χ0v) is 5.88. The molecular weight excluding hydrogens is 135 g/mol. The third kappa shape index (κ3) is 1.11. The zero-order valence-electron chi connectivity index (χ0n) is 5.88. The van der Waals surface area contributed by atoms with E-state index in [1.54, 1.807) is 6.92 Å². The molecule has 0 aliphatic carbocycles. The van der Waals surface area contributed by atoms with Crippen LogP contribution in [0.3, 0.4) is 0 Å². The Bertz CT molecular complexity index is 151. The van der Waals surface area contributed by atoms with Crippen molar-refractivity contribution in [1.29, 1.82) is 0 Å². The molecule has 1 amide bonds. The average Bonchev–Trinajstić information content (AvgIpc) is 2.14. The lowest BCUT2D eigenvalue weighted by Crippen LogP contribution is -2.37. The molecule has 2 atom stereocenters. The predicted octanol–water partition coefficient (Wildman–Crippen LogP) is 0.209. The van der Waals surface area contributed by atoms with E-state index in [-0.39, 0.29) is 6.04 Å². The predicted molar refractivity (Wildman–Crippen MR) is 34.6 cm³/mol. The molecule has 1 saturated heterocycles. The molecule has 3 nitrogen and oxygen atoms in total. The molecule has 0 aromatic heterocycles. The maximum atomic E-state index is 12.8. The van der Waals surface area contributed by atoms with E-state index >= 15 is 0 Å². The van der Waals surface area contributed by atoms with Gasteiger partial charge in [0.2, 0.25) is 5.91 Å². The molecule has 4 heteroatoms. The standard InChI is InChI=1S/C6H11FN2O/c1-4-2-3-5(6(8)10)9(4)7/h4-5H,2-3H2,1H3,(H2,8,10). The number of nitrogens with zero attached hydrogens (tertiary/aromatic N) is 1. The van der Waals surface area contributed by atoms with E-state index in [1.807, 2.05) is 0 Å². The topological polar surface area (TPSA) is 46.3 Å². The molecule has 58 valence electrons. The molecule has 0 bridgehead atoms. The fraction of sp³-hybridized carbons (Fsp3) is 0.833. The summed E-state index contributed by atoms with van der Waals surface area (Å²) < 4.78 is 12.8. The van der Waals surface area contributed by atoms with Gasteiger partial charge in [0.25, 0.3) is 0 Å². The lowest BCUT2D eigenvalue weighted by molar-refractivity contribution is -0.130. The number of carbonyl (C=O) groups is 1. The Kier molecular flexibility index (Phi) is 1.89. The van der Waals surface area contributed by atoms with Crippen LogP contribution in [-0.4, -0.2) is 23.1 Å². The second-order valence-corrected chi connectivity index (χ2v) is 2.69. The number of hydrogen-bond donors (Lipinski definition) is 1. The molecule has 2 unspecified atom stereocenters. The summed E-state index contributed by atoms with van der Waals surface area (Å²) in [6, 6.07) is -0.840. The molecule has 1 rings (SSSR count). The SMILES string of the molecule is CC1CCC(C(N)=O)N1F. The Morgan fingerprint density at radius 2 is 2.30 bits per heavy atom. The van der Waals surface area contributed by atoms with Gasteiger partial charge in [-0.05, 0) is 19.8 Å². The normalized spacial score (nSPS) is 34.6. The van der Waals surface area contributed by atoms with Crippen LogP contribution in [0.15, 0.2) is 0 Å². The summed E-state index contributed by atoms with van der Waals surface area (Å²) in [4.78, 5) is 10.5. The lowest BCUT2D eigenvalue weighted by atomic mass is 10.2. The first-order chi connectivity index (χ1) is 4.63. The van der Waals surface area contributed by atoms with E-state index in [9.17, 15) is 9.28 Å². The van der Waals surface area contributed by atoms with Crippen molar-refractivity contribution in [3.8, 4) is 0 Å². The highest BCUT2D eigenvalue weighted by Gasteiger charge is 2.34. The van der Waals surface area contributed by atoms with Crippen molar-refractivity contribution in [2.24, 2.45) is 5.73 Å². The average molecular weight is 146 g/mol. The largest absolute Gasteiger partial charge is 0.368 e. The molecule has 0 saturated carbocycles. The van der Waals surface area contributed by atoms with Gasteiger partial charge in [0.1, 0.15) is 6.04 Å². The smallest absolute Gasteiger partial charge is 0.237 e. The number of primary amides is 1. The van der Waals surface area contributed by atoms with E-state index in [0.717, 1.165) is 0 Å². The summed E-state index contributed by atoms with van der Waals surface area (Å²) in [5.41, 5.74) is 4.93. The molecular formula is C6H11FN2O. The van der Waals surface area contributed by atoms with Crippen molar-refractivity contribution in [3.63, 3.8) is 0 Å². The Balaban J connectivity index is 2.57. The monoisotopic (exact) mass is 146 g/mol. The van der Waals surface area contributed by atoms with Crippen LogP contribution in [0.4, 0.5) is 4.48 Å². The van der Waals surface area contributed by atoms with Crippen LogP contribution in [0, 0.1) is 0 Å². The summed E-state index contributed by atoms with van der Waals surface area (Å²) in [6.07, 6.45) is 1.26. The summed E-state index contributed by atoms with van der Waals surface area (Å²) in [5, 5.41) is 0.544. The van der Waals surface area contributed by atoms with E-state index in [0.29, 0.717) is 18.0 Å². The molecule has 1 aliphatic rings. The summed E-state index contributed by atoms with van der Waals surface area (Å²) >= 11 is 0. The number of carbonyl (C=O) groups excluding carboxylic acids is 1. The maximum absolute atomic E-state index is 12.8. The molecule has 0 radical (unpaired) electrons. The Morgan fingerprint density at radius 1 is 1.70 bits per heavy atom. The van der Waals surface area contributed by atoms with Gasteiger partial charge in [0.05, 0.1) is 0 Å². The number of nitrogens with two attached hydrogens (primary N) is 1. The Labute approximate surface area is 58.9 Å². The number of rotatable bonds is 1.